The fraction of sp³-hybridized carbons (Fsp3) is 0.727. The minimum absolute atomic E-state index is 0.0175. The van der Waals surface area contributed by atoms with Crippen molar-refractivity contribution in [1.82, 2.24) is 0 Å². The van der Waals surface area contributed by atoms with E-state index in [1.165, 1.54) is 12.3 Å². The molecular formula is C11H20O4. The van der Waals surface area contributed by atoms with Gasteiger partial charge in [0, 0.05) is 5.41 Å². The molecule has 0 aromatic carbocycles. The number of rotatable bonds is 7. The van der Waals surface area contributed by atoms with Gasteiger partial charge in [0.2, 0.25) is 0 Å². The summed E-state index contributed by atoms with van der Waals surface area (Å²) in [7, 11) is 0. The molecule has 88 valence electrons. The lowest BCUT2D eigenvalue weighted by molar-refractivity contribution is -0.141. The fourth-order valence-electron chi connectivity index (χ4n) is 0.650. The molecule has 0 aliphatic heterocycles. The standard InChI is InChI=1S/C11H20O4/c1-4-6-14-7-5-10(13)15-9-11(2,3)8-12/h5,7,12H,4,6,8-9H2,1-3H3. The molecule has 0 fully saturated rings. The van der Waals surface area contributed by atoms with Gasteiger partial charge >= 0.3 is 5.97 Å². The molecule has 0 unspecified atom stereocenters. The van der Waals surface area contributed by atoms with Crippen LogP contribution in [0.15, 0.2) is 12.3 Å². The number of hydrogen-bond donors (Lipinski definition) is 1. The minimum Gasteiger partial charge on any atom is -0.501 e. The maximum Gasteiger partial charge on any atom is 0.333 e. The van der Waals surface area contributed by atoms with Gasteiger partial charge < -0.3 is 14.6 Å². The molecule has 4 heteroatoms. The van der Waals surface area contributed by atoms with Crippen LogP contribution in [-0.2, 0) is 14.3 Å². The summed E-state index contributed by atoms with van der Waals surface area (Å²) in [5.41, 5.74) is -0.395. The third kappa shape index (κ3) is 8.00. The monoisotopic (exact) mass is 216 g/mol. The van der Waals surface area contributed by atoms with Crippen molar-refractivity contribution in [2.24, 2.45) is 5.41 Å². The molecule has 0 heterocycles. The van der Waals surface area contributed by atoms with E-state index in [0.717, 1.165) is 6.42 Å². The molecule has 0 amide bonds. The van der Waals surface area contributed by atoms with Gasteiger partial charge in [0.1, 0.15) is 0 Å². The Morgan fingerprint density at radius 3 is 2.67 bits per heavy atom. The molecule has 15 heavy (non-hydrogen) atoms. The van der Waals surface area contributed by atoms with Crippen molar-refractivity contribution in [3.63, 3.8) is 0 Å². The molecule has 0 saturated carbocycles. The maximum atomic E-state index is 11.1. The third-order valence-electron chi connectivity index (χ3n) is 1.66. The van der Waals surface area contributed by atoms with Crippen LogP contribution in [0, 0.1) is 5.41 Å². The first-order valence-electron chi connectivity index (χ1n) is 5.07. The summed E-state index contributed by atoms with van der Waals surface area (Å²) in [5.74, 6) is -0.451. The van der Waals surface area contributed by atoms with E-state index < -0.39 is 11.4 Å². The Kier molecular flexibility index (Phi) is 6.79. The lowest BCUT2D eigenvalue weighted by atomic mass is 9.97. The summed E-state index contributed by atoms with van der Waals surface area (Å²) in [6, 6.07) is 0. The predicted octanol–water partition coefficient (Wildman–Crippen LogP) is 1.49. The molecule has 0 spiro atoms. The molecule has 0 rings (SSSR count). The van der Waals surface area contributed by atoms with Gasteiger partial charge in [-0.1, -0.05) is 20.8 Å². The number of carbonyl (C=O) groups excluding carboxylic acids is 1. The first-order chi connectivity index (χ1) is 7.02. The second-order valence-electron chi connectivity index (χ2n) is 4.10. The SMILES string of the molecule is CCCOC=CC(=O)OCC(C)(C)CO. The smallest absolute Gasteiger partial charge is 0.333 e. The van der Waals surface area contributed by atoms with E-state index in [2.05, 4.69) is 0 Å². The van der Waals surface area contributed by atoms with Crippen LogP contribution >= 0.6 is 0 Å². The molecule has 4 nitrogen and oxygen atoms in total. The normalized spacial score (nSPS) is 11.7. The van der Waals surface area contributed by atoms with E-state index in [-0.39, 0.29) is 13.2 Å². The summed E-state index contributed by atoms with van der Waals surface area (Å²) in [4.78, 5) is 11.1. The third-order valence-corrected chi connectivity index (χ3v) is 1.66. The highest BCUT2D eigenvalue weighted by atomic mass is 16.5. The Balaban J connectivity index is 3.70. The lowest BCUT2D eigenvalue weighted by Crippen LogP contribution is -2.25. The molecule has 1 N–H and O–H groups in total. The van der Waals surface area contributed by atoms with Crippen LogP contribution in [0.4, 0.5) is 0 Å². The van der Waals surface area contributed by atoms with Gasteiger partial charge in [-0.05, 0) is 6.42 Å². The quantitative estimate of drug-likeness (QED) is 0.303. The molecule has 0 aliphatic carbocycles. The maximum absolute atomic E-state index is 11.1. The van der Waals surface area contributed by atoms with Crippen molar-refractivity contribution in [3.05, 3.63) is 12.3 Å². The van der Waals surface area contributed by atoms with Gasteiger partial charge in [-0.2, -0.15) is 0 Å². The summed E-state index contributed by atoms with van der Waals surface area (Å²) in [6.07, 6.45) is 3.47. The first-order valence-corrected chi connectivity index (χ1v) is 5.07. The highest BCUT2D eigenvalue weighted by Gasteiger charge is 2.18. The van der Waals surface area contributed by atoms with Gasteiger partial charge in [-0.25, -0.2) is 4.79 Å². The van der Waals surface area contributed by atoms with Gasteiger partial charge in [-0.15, -0.1) is 0 Å². The summed E-state index contributed by atoms with van der Waals surface area (Å²) in [5, 5.41) is 8.92. The van der Waals surface area contributed by atoms with E-state index in [4.69, 9.17) is 14.6 Å². The molecule has 0 saturated heterocycles. The fourth-order valence-corrected chi connectivity index (χ4v) is 0.650. The molecule has 0 aliphatic rings. The number of aliphatic hydroxyl groups is 1. The average Bonchev–Trinajstić information content (AvgIpc) is 2.22. The van der Waals surface area contributed by atoms with Gasteiger partial charge in [0.05, 0.1) is 32.2 Å². The van der Waals surface area contributed by atoms with Crippen molar-refractivity contribution in [2.75, 3.05) is 19.8 Å². The molecule has 0 aromatic rings. The Bertz CT molecular complexity index is 209. The van der Waals surface area contributed by atoms with Crippen LogP contribution in [0.3, 0.4) is 0 Å². The largest absolute Gasteiger partial charge is 0.501 e. The first kappa shape index (κ1) is 14.0. The van der Waals surface area contributed by atoms with E-state index in [1.807, 2.05) is 20.8 Å². The molecule has 0 radical (unpaired) electrons. The van der Waals surface area contributed by atoms with Crippen LogP contribution in [-0.4, -0.2) is 30.9 Å². The van der Waals surface area contributed by atoms with E-state index in [1.54, 1.807) is 0 Å². The van der Waals surface area contributed by atoms with Crippen molar-refractivity contribution in [2.45, 2.75) is 27.2 Å². The molecule has 0 atom stereocenters. The van der Waals surface area contributed by atoms with Crippen molar-refractivity contribution in [1.29, 1.82) is 0 Å². The van der Waals surface area contributed by atoms with Gasteiger partial charge in [-0.3, -0.25) is 0 Å². The summed E-state index contributed by atoms with van der Waals surface area (Å²) >= 11 is 0. The Morgan fingerprint density at radius 2 is 2.13 bits per heavy atom. The van der Waals surface area contributed by atoms with Gasteiger partial charge in [0.15, 0.2) is 0 Å². The highest BCUT2D eigenvalue weighted by molar-refractivity contribution is 5.81. The predicted molar refractivity (Wildman–Crippen MR) is 57.2 cm³/mol. The zero-order valence-electron chi connectivity index (χ0n) is 9.66. The highest BCUT2D eigenvalue weighted by Crippen LogP contribution is 2.13. The topological polar surface area (TPSA) is 55.8 Å². The summed E-state index contributed by atoms with van der Waals surface area (Å²) in [6.45, 7) is 6.38. The Labute approximate surface area is 90.9 Å². The van der Waals surface area contributed by atoms with Crippen molar-refractivity contribution >= 4 is 5.97 Å². The number of esters is 1. The molecule has 0 aromatic heterocycles. The number of aliphatic hydroxyl groups excluding tert-OH is 1. The van der Waals surface area contributed by atoms with Crippen LogP contribution in [0.2, 0.25) is 0 Å². The van der Waals surface area contributed by atoms with Crippen LogP contribution in [0.25, 0.3) is 0 Å². The minimum atomic E-state index is -0.451. The Hall–Kier alpha value is -1.03. The molecule has 0 bridgehead atoms. The zero-order chi connectivity index (χ0) is 11.7. The zero-order valence-corrected chi connectivity index (χ0v) is 9.66. The number of carbonyl (C=O) groups is 1. The number of ether oxygens (including phenoxy) is 2. The van der Waals surface area contributed by atoms with Crippen LogP contribution < -0.4 is 0 Å². The lowest BCUT2D eigenvalue weighted by Gasteiger charge is -2.20. The van der Waals surface area contributed by atoms with Gasteiger partial charge in [0.25, 0.3) is 0 Å². The van der Waals surface area contributed by atoms with Crippen molar-refractivity contribution < 1.29 is 19.4 Å². The molecular weight excluding hydrogens is 196 g/mol. The van der Waals surface area contributed by atoms with Crippen LogP contribution in [0.5, 0.6) is 0 Å². The number of hydrogen-bond acceptors (Lipinski definition) is 4. The Morgan fingerprint density at radius 1 is 1.47 bits per heavy atom. The van der Waals surface area contributed by atoms with E-state index in [0.29, 0.717) is 6.61 Å². The second-order valence-corrected chi connectivity index (χ2v) is 4.10. The summed E-state index contributed by atoms with van der Waals surface area (Å²) < 4.78 is 9.89. The van der Waals surface area contributed by atoms with Crippen molar-refractivity contribution in [3.8, 4) is 0 Å². The second kappa shape index (κ2) is 7.29. The van der Waals surface area contributed by atoms with Crippen LogP contribution in [0.1, 0.15) is 27.2 Å². The van der Waals surface area contributed by atoms with E-state index >= 15 is 0 Å². The van der Waals surface area contributed by atoms with E-state index in [9.17, 15) is 4.79 Å². The average molecular weight is 216 g/mol.